The largest absolute Gasteiger partial charge is 0.393 e. The van der Waals surface area contributed by atoms with Crippen LogP contribution in [0.25, 0.3) is 0 Å². The monoisotopic (exact) mass is 256 g/mol. The summed E-state index contributed by atoms with van der Waals surface area (Å²) in [5, 5.41) is 3.54. The Bertz CT molecular complexity index is 395. The number of nitrogens with two attached hydrogens (primary N) is 1. The van der Waals surface area contributed by atoms with Gasteiger partial charge in [0, 0.05) is 20.3 Å². The van der Waals surface area contributed by atoms with Gasteiger partial charge in [-0.1, -0.05) is 11.6 Å². The number of ether oxygens (including phenoxy) is 1. The molecule has 1 fully saturated rings. The van der Waals surface area contributed by atoms with E-state index in [4.69, 9.17) is 22.1 Å². The molecule has 1 aliphatic carbocycles. The van der Waals surface area contributed by atoms with Gasteiger partial charge in [-0.25, -0.2) is 9.97 Å². The Morgan fingerprint density at radius 3 is 2.94 bits per heavy atom. The standard InChI is InChI=1S/C11H17ClN4O/c1-17-5-4-11(2-3-11)6-14-10-8(13)9(12)15-7-16-10/h7H,2-6,13H2,1H3,(H,14,15,16). The predicted molar refractivity (Wildman–Crippen MR) is 68.1 cm³/mol. The molecule has 0 atom stereocenters. The number of anilines is 2. The Morgan fingerprint density at radius 1 is 1.53 bits per heavy atom. The predicted octanol–water partition coefficient (Wildman–Crippen LogP) is 1.94. The van der Waals surface area contributed by atoms with Crippen LogP contribution in [0.4, 0.5) is 11.5 Å². The van der Waals surface area contributed by atoms with Gasteiger partial charge in [0.25, 0.3) is 0 Å². The molecular formula is C11H17ClN4O. The second-order valence-corrected chi connectivity index (χ2v) is 4.88. The zero-order valence-electron chi connectivity index (χ0n) is 9.87. The van der Waals surface area contributed by atoms with Crippen molar-refractivity contribution < 1.29 is 4.74 Å². The smallest absolute Gasteiger partial charge is 0.157 e. The number of aromatic nitrogens is 2. The van der Waals surface area contributed by atoms with Gasteiger partial charge in [0.1, 0.15) is 12.0 Å². The van der Waals surface area contributed by atoms with Crippen LogP contribution in [0.15, 0.2) is 6.33 Å². The summed E-state index contributed by atoms with van der Waals surface area (Å²) >= 11 is 5.83. The Labute approximate surface area is 106 Å². The van der Waals surface area contributed by atoms with Crippen molar-refractivity contribution in [1.29, 1.82) is 0 Å². The number of nitrogens with one attached hydrogen (secondary N) is 1. The van der Waals surface area contributed by atoms with Crippen molar-refractivity contribution >= 4 is 23.1 Å². The highest BCUT2D eigenvalue weighted by Crippen LogP contribution is 2.48. The van der Waals surface area contributed by atoms with Crippen molar-refractivity contribution in [3.63, 3.8) is 0 Å². The van der Waals surface area contributed by atoms with Crippen LogP contribution in [-0.4, -0.2) is 30.2 Å². The molecule has 5 nitrogen and oxygen atoms in total. The van der Waals surface area contributed by atoms with Gasteiger partial charge in [0.05, 0.1) is 0 Å². The van der Waals surface area contributed by atoms with E-state index < -0.39 is 0 Å². The highest BCUT2D eigenvalue weighted by molar-refractivity contribution is 6.32. The average Bonchev–Trinajstić information content (AvgIpc) is 3.09. The van der Waals surface area contributed by atoms with E-state index in [1.54, 1.807) is 7.11 Å². The summed E-state index contributed by atoms with van der Waals surface area (Å²) in [6.07, 6.45) is 4.93. The summed E-state index contributed by atoms with van der Waals surface area (Å²) < 4.78 is 5.11. The minimum Gasteiger partial charge on any atom is -0.393 e. The normalized spacial score (nSPS) is 16.8. The molecule has 0 aliphatic heterocycles. The summed E-state index contributed by atoms with van der Waals surface area (Å²) in [5.41, 5.74) is 6.55. The fraction of sp³-hybridized carbons (Fsp3) is 0.636. The number of methoxy groups -OCH3 is 1. The van der Waals surface area contributed by atoms with Gasteiger partial charge in [-0.2, -0.15) is 0 Å². The molecule has 1 aliphatic rings. The van der Waals surface area contributed by atoms with E-state index >= 15 is 0 Å². The summed E-state index contributed by atoms with van der Waals surface area (Å²) in [7, 11) is 1.73. The number of hydrogen-bond donors (Lipinski definition) is 2. The molecule has 94 valence electrons. The van der Waals surface area contributed by atoms with Gasteiger partial charge in [0.15, 0.2) is 11.0 Å². The van der Waals surface area contributed by atoms with Gasteiger partial charge in [-0.15, -0.1) is 0 Å². The van der Waals surface area contributed by atoms with Gasteiger partial charge in [-0.3, -0.25) is 0 Å². The van der Waals surface area contributed by atoms with E-state index in [-0.39, 0.29) is 0 Å². The van der Waals surface area contributed by atoms with Crippen LogP contribution in [0.5, 0.6) is 0 Å². The quantitative estimate of drug-likeness (QED) is 0.761. The maximum atomic E-state index is 5.83. The molecule has 0 saturated heterocycles. The van der Waals surface area contributed by atoms with E-state index in [2.05, 4.69) is 15.3 Å². The minimum atomic E-state index is 0.296. The Hall–Kier alpha value is -1.07. The van der Waals surface area contributed by atoms with E-state index in [1.807, 2.05) is 0 Å². The molecule has 0 bridgehead atoms. The average molecular weight is 257 g/mol. The van der Waals surface area contributed by atoms with Crippen molar-refractivity contribution in [2.24, 2.45) is 5.41 Å². The first-order valence-corrected chi connectivity index (χ1v) is 6.03. The summed E-state index contributed by atoms with van der Waals surface area (Å²) in [6.45, 7) is 1.65. The Morgan fingerprint density at radius 2 is 2.29 bits per heavy atom. The van der Waals surface area contributed by atoms with Gasteiger partial charge < -0.3 is 15.8 Å². The topological polar surface area (TPSA) is 73.1 Å². The molecule has 1 aromatic heterocycles. The van der Waals surface area contributed by atoms with Crippen LogP contribution in [0.2, 0.25) is 5.15 Å². The van der Waals surface area contributed by atoms with Crippen molar-refractivity contribution in [2.45, 2.75) is 19.3 Å². The van der Waals surface area contributed by atoms with Gasteiger partial charge >= 0.3 is 0 Å². The highest BCUT2D eigenvalue weighted by Gasteiger charge is 2.41. The maximum Gasteiger partial charge on any atom is 0.157 e. The van der Waals surface area contributed by atoms with E-state index in [0.717, 1.165) is 19.6 Å². The lowest BCUT2D eigenvalue weighted by molar-refractivity contribution is 0.175. The van der Waals surface area contributed by atoms with Crippen LogP contribution in [-0.2, 0) is 4.74 Å². The second kappa shape index (κ2) is 5.06. The first kappa shape index (κ1) is 12.4. The number of rotatable bonds is 6. The fourth-order valence-electron chi connectivity index (χ4n) is 1.80. The van der Waals surface area contributed by atoms with Crippen molar-refractivity contribution in [3.05, 3.63) is 11.5 Å². The number of nitrogens with zero attached hydrogens (tertiary/aromatic N) is 2. The lowest BCUT2D eigenvalue weighted by atomic mass is 10.0. The third-order valence-corrected chi connectivity index (χ3v) is 3.56. The molecule has 0 spiro atoms. The number of hydrogen-bond acceptors (Lipinski definition) is 5. The van der Waals surface area contributed by atoms with Crippen LogP contribution in [0, 0.1) is 5.41 Å². The minimum absolute atomic E-state index is 0.296. The molecule has 17 heavy (non-hydrogen) atoms. The Balaban J connectivity index is 1.92. The van der Waals surface area contributed by atoms with Gasteiger partial charge in [-0.05, 0) is 24.7 Å². The molecule has 2 rings (SSSR count). The molecule has 1 heterocycles. The molecule has 0 radical (unpaired) electrons. The molecule has 3 N–H and O–H groups in total. The summed E-state index contributed by atoms with van der Waals surface area (Å²) in [4.78, 5) is 7.91. The van der Waals surface area contributed by atoms with Crippen molar-refractivity contribution in [2.75, 3.05) is 31.3 Å². The maximum absolute atomic E-state index is 5.83. The lowest BCUT2D eigenvalue weighted by Gasteiger charge is -2.16. The second-order valence-electron chi connectivity index (χ2n) is 4.52. The molecule has 6 heteroatoms. The first-order valence-electron chi connectivity index (χ1n) is 5.66. The van der Waals surface area contributed by atoms with Crippen LogP contribution in [0.1, 0.15) is 19.3 Å². The van der Waals surface area contributed by atoms with Gasteiger partial charge in [0.2, 0.25) is 0 Å². The molecule has 0 aromatic carbocycles. The van der Waals surface area contributed by atoms with E-state index in [0.29, 0.717) is 22.1 Å². The SMILES string of the molecule is COCCC1(CNc2ncnc(Cl)c2N)CC1. The first-order chi connectivity index (χ1) is 8.17. The summed E-state index contributed by atoms with van der Waals surface area (Å²) in [5.74, 6) is 0.619. The van der Waals surface area contributed by atoms with Crippen molar-refractivity contribution in [1.82, 2.24) is 9.97 Å². The lowest BCUT2D eigenvalue weighted by Crippen LogP contribution is -2.18. The molecule has 1 saturated carbocycles. The van der Waals surface area contributed by atoms with Crippen LogP contribution in [0.3, 0.4) is 0 Å². The molecule has 1 aromatic rings. The Kier molecular flexibility index (Phi) is 3.69. The van der Waals surface area contributed by atoms with E-state index in [9.17, 15) is 0 Å². The third kappa shape index (κ3) is 2.98. The third-order valence-electron chi connectivity index (χ3n) is 3.26. The van der Waals surface area contributed by atoms with E-state index in [1.165, 1.54) is 19.2 Å². The molecule has 0 amide bonds. The molecule has 0 unspecified atom stereocenters. The molecular weight excluding hydrogens is 240 g/mol. The van der Waals surface area contributed by atoms with Crippen LogP contribution < -0.4 is 11.1 Å². The number of halogens is 1. The highest BCUT2D eigenvalue weighted by atomic mass is 35.5. The zero-order valence-corrected chi connectivity index (χ0v) is 10.6. The fourth-order valence-corrected chi connectivity index (χ4v) is 1.93. The van der Waals surface area contributed by atoms with Crippen molar-refractivity contribution in [3.8, 4) is 0 Å². The zero-order chi connectivity index (χ0) is 12.3. The van der Waals surface area contributed by atoms with Crippen LogP contribution >= 0.6 is 11.6 Å². The number of nitrogen functional groups attached to an aromatic ring is 1. The summed E-state index contributed by atoms with van der Waals surface area (Å²) in [6, 6.07) is 0.